The zero-order valence-electron chi connectivity index (χ0n) is 12.1. The van der Waals surface area contributed by atoms with Crippen LogP contribution in [0.4, 0.5) is 0 Å². The molecule has 3 heteroatoms. The largest absolute Gasteiger partial charge is 0.465 e. The Labute approximate surface area is 110 Å². The van der Waals surface area contributed by atoms with Gasteiger partial charge >= 0.3 is 0 Å². The zero-order valence-corrected chi connectivity index (χ0v) is 12.1. The van der Waals surface area contributed by atoms with Crippen molar-refractivity contribution in [2.75, 3.05) is 0 Å². The number of azo groups is 1. The van der Waals surface area contributed by atoms with Crippen molar-refractivity contribution in [3.63, 3.8) is 0 Å². The first kappa shape index (κ1) is 14.7. The van der Waals surface area contributed by atoms with Crippen LogP contribution in [0.15, 0.2) is 40.6 Å². The van der Waals surface area contributed by atoms with Crippen LogP contribution in [0.25, 0.3) is 0 Å². The van der Waals surface area contributed by atoms with Crippen LogP contribution in [0, 0.1) is 0 Å². The van der Waals surface area contributed by atoms with Gasteiger partial charge in [0.2, 0.25) is 5.72 Å². The Morgan fingerprint density at radius 3 is 2.11 bits per heavy atom. The maximum Gasteiger partial charge on any atom is 0.216 e. The Balaban J connectivity index is 2.83. The number of hydrogen-bond acceptors (Lipinski definition) is 3. The third-order valence-corrected chi connectivity index (χ3v) is 2.36. The van der Waals surface area contributed by atoms with Crippen LogP contribution in [-0.2, 0) is 0 Å². The third kappa shape index (κ3) is 5.30. The van der Waals surface area contributed by atoms with Gasteiger partial charge in [-0.25, -0.2) is 0 Å². The summed E-state index contributed by atoms with van der Waals surface area (Å²) in [7, 11) is 0. The van der Waals surface area contributed by atoms with E-state index in [1.54, 1.807) is 0 Å². The number of nitrogens with zero attached hydrogens (tertiary/aromatic N) is 2. The van der Waals surface area contributed by atoms with Crippen molar-refractivity contribution in [1.29, 1.82) is 0 Å². The summed E-state index contributed by atoms with van der Waals surface area (Å²) < 4.78 is 5.98. The van der Waals surface area contributed by atoms with Crippen LogP contribution >= 0.6 is 0 Å². The zero-order chi connectivity index (χ0) is 13.6. The predicted molar refractivity (Wildman–Crippen MR) is 75.0 cm³/mol. The number of benzene rings is 1. The summed E-state index contributed by atoms with van der Waals surface area (Å²) in [6.45, 7) is 10.2. The van der Waals surface area contributed by atoms with Gasteiger partial charge in [0.25, 0.3) is 0 Å². The fourth-order valence-corrected chi connectivity index (χ4v) is 1.58. The first-order chi connectivity index (χ1) is 8.35. The molecule has 0 saturated heterocycles. The summed E-state index contributed by atoms with van der Waals surface area (Å²) in [4.78, 5) is 0. The molecule has 0 aromatic heterocycles. The Morgan fingerprint density at radius 1 is 1.00 bits per heavy atom. The predicted octanol–water partition coefficient (Wildman–Crippen LogP) is 4.83. The molecule has 0 bridgehead atoms. The molecule has 1 atom stereocenters. The highest BCUT2D eigenvalue weighted by Gasteiger charge is 2.25. The second kappa shape index (κ2) is 5.98. The van der Waals surface area contributed by atoms with Gasteiger partial charge in [0.1, 0.15) is 5.75 Å². The van der Waals surface area contributed by atoms with Gasteiger partial charge < -0.3 is 4.74 Å². The smallest absolute Gasteiger partial charge is 0.216 e. The van der Waals surface area contributed by atoms with Gasteiger partial charge in [0.05, 0.1) is 5.54 Å². The van der Waals surface area contributed by atoms with Crippen molar-refractivity contribution in [1.82, 2.24) is 0 Å². The van der Waals surface area contributed by atoms with E-state index in [1.165, 1.54) is 0 Å². The van der Waals surface area contributed by atoms with Crippen molar-refractivity contribution in [2.45, 2.75) is 58.7 Å². The average Bonchev–Trinajstić information content (AvgIpc) is 2.27. The first-order valence-electron chi connectivity index (χ1n) is 6.53. The summed E-state index contributed by atoms with van der Waals surface area (Å²) >= 11 is 0. The van der Waals surface area contributed by atoms with E-state index in [0.717, 1.165) is 18.6 Å². The lowest BCUT2D eigenvalue weighted by Gasteiger charge is -2.26. The van der Waals surface area contributed by atoms with Crippen molar-refractivity contribution in [3.05, 3.63) is 30.3 Å². The molecular formula is C15H24N2O. The molecular weight excluding hydrogens is 224 g/mol. The van der Waals surface area contributed by atoms with Gasteiger partial charge in [-0.2, -0.15) is 5.11 Å². The fourth-order valence-electron chi connectivity index (χ4n) is 1.58. The standard InChI is InChI=1S/C15H24N2O/c1-6-12-15(5,17-16-14(2,3)4)18-13-10-8-7-9-11-13/h7-11H,6,12H2,1-5H3. The van der Waals surface area contributed by atoms with E-state index in [-0.39, 0.29) is 5.54 Å². The van der Waals surface area contributed by atoms with Crippen LogP contribution in [0.5, 0.6) is 5.75 Å². The molecule has 0 aliphatic heterocycles. The molecule has 0 amide bonds. The number of para-hydroxylation sites is 1. The van der Waals surface area contributed by atoms with E-state index in [0.29, 0.717) is 0 Å². The molecule has 18 heavy (non-hydrogen) atoms. The van der Waals surface area contributed by atoms with Crippen LogP contribution in [0.3, 0.4) is 0 Å². The molecule has 1 aromatic carbocycles. The van der Waals surface area contributed by atoms with E-state index >= 15 is 0 Å². The van der Waals surface area contributed by atoms with Gasteiger partial charge in [0, 0.05) is 6.42 Å². The van der Waals surface area contributed by atoms with Gasteiger partial charge in [-0.1, -0.05) is 31.5 Å². The number of rotatable bonds is 5. The van der Waals surface area contributed by atoms with E-state index in [1.807, 2.05) is 58.0 Å². The summed E-state index contributed by atoms with van der Waals surface area (Å²) in [5.41, 5.74) is -0.752. The van der Waals surface area contributed by atoms with Crippen LogP contribution in [-0.4, -0.2) is 11.3 Å². The minimum Gasteiger partial charge on any atom is -0.465 e. The van der Waals surface area contributed by atoms with E-state index in [9.17, 15) is 0 Å². The van der Waals surface area contributed by atoms with Gasteiger partial charge in [-0.3, -0.25) is 0 Å². The van der Waals surface area contributed by atoms with Gasteiger partial charge in [0.15, 0.2) is 0 Å². The lowest BCUT2D eigenvalue weighted by atomic mass is 10.1. The highest BCUT2D eigenvalue weighted by atomic mass is 16.5. The fraction of sp³-hybridized carbons (Fsp3) is 0.600. The molecule has 1 rings (SSSR count). The molecule has 0 spiro atoms. The number of hydrogen-bond donors (Lipinski definition) is 0. The Kier molecular flexibility index (Phi) is 4.88. The topological polar surface area (TPSA) is 34.0 Å². The molecule has 0 heterocycles. The van der Waals surface area contributed by atoms with Crippen molar-refractivity contribution in [3.8, 4) is 5.75 Å². The normalized spacial score (nSPS) is 15.6. The van der Waals surface area contributed by atoms with Crippen LogP contribution in [0.2, 0.25) is 0 Å². The SMILES string of the molecule is CCCC(C)(N=NC(C)(C)C)Oc1ccccc1. The second-order valence-corrected chi connectivity index (χ2v) is 5.71. The maximum absolute atomic E-state index is 5.98. The minimum atomic E-state index is -0.580. The lowest BCUT2D eigenvalue weighted by molar-refractivity contribution is 0.0764. The monoisotopic (exact) mass is 248 g/mol. The molecule has 0 aliphatic carbocycles. The quantitative estimate of drug-likeness (QED) is 0.687. The molecule has 100 valence electrons. The molecule has 0 saturated carbocycles. The van der Waals surface area contributed by atoms with Gasteiger partial charge in [-0.15, -0.1) is 5.11 Å². The Bertz CT molecular complexity index is 381. The van der Waals surface area contributed by atoms with Gasteiger partial charge in [-0.05, 0) is 39.8 Å². The molecule has 0 aliphatic rings. The van der Waals surface area contributed by atoms with E-state index < -0.39 is 5.72 Å². The molecule has 1 aromatic rings. The summed E-state index contributed by atoms with van der Waals surface area (Å²) in [5, 5.41) is 8.76. The maximum atomic E-state index is 5.98. The number of ether oxygens (including phenoxy) is 1. The summed E-state index contributed by atoms with van der Waals surface area (Å²) in [6.07, 6.45) is 1.86. The third-order valence-electron chi connectivity index (χ3n) is 2.36. The summed E-state index contributed by atoms with van der Waals surface area (Å²) in [6, 6.07) is 9.78. The van der Waals surface area contributed by atoms with Crippen LogP contribution < -0.4 is 4.74 Å². The van der Waals surface area contributed by atoms with Crippen LogP contribution in [0.1, 0.15) is 47.5 Å². The highest BCUT2D eigenvalue weighted by molar-refractivity contribution is 5.21. The molecule has 0 fully saturated rings. The Morgan fingerprint density at radius 2 is 1.61 bits per heavy atom. The second-order valence-electron chi connectivity index (χ2n) is 5.71. The molecule has 1 unspecified atom stereocenters. The van der Waals surface area contributed by atoms with Crippen molar-refractivity contribution < 1.29 is 4.74 Å². The van der Waals surface area contributed by atoms with E-state index in [2.05, 4.69) is 17.2 Å². The molecule has 0 N–H and O–H groups in total. The van der Waals surface area contributed by atoms with Crippen molar-refractivity contribution in [2.24, 2.45) is 10.2 Å². The van der Waals surface area contributed by atoms with Crippen molar-refractivity contribution >= 4 is 0 Å². The first-order valence-corrected chi connectivity index (χ1v) is 6.53. The van der Waals surface area contributed by atoms with E-state index in [4.69, 9.17) is 4.74 Å². The Hall–Kier alpha value is -1.38. The lowest BCUT2D eigenvalue weighted by Crippen LogP contribution is -2.30. The average molecular weight is 248 g/mol. The highest BCUT2D eigenvalue weighted by Crippen LogP contribution is 2.25. The molecule has 0 radical (unpaired) electrons. The molecule has 3 nitrogen and oxygen atoms in total. The summed E-state index contributed by atoms with van der Waals surface area (Å²) in [5.74, 6) is 0.835. The minimum absolute atomic E-state index is 0.172.